The van der Waals surface area contributed by atoms with Crippen LogP contribution < -0.4 is 5.32 Å². The van der Waals surface area contributed by atoms with Gasteiger partial charge in [-0.2, -0.15) is 0 Å². The average molecular weight is 307 g/mol. The highest BCUT2D eigenvalue weighted by Crippen LogP contribution is 2.19. The standard InChI is InChI=1S/C19H17NOS/c21-19(20-13-12-17-8-4-14-22-17)11-10-16-7-3-6-15-5-1-2-9-18(15)16/h1-11,14H,12-13H2,(H,20,21)/b11-10+. The van der Waals surface area contributed by atoms with E-state index in [0.29, 0.717) is 6.54 Å². The molecule has 3 aromatic rings. The predicted octanol–water partition coefficient (Wildman–Crippen LogP) is 4.27. The molecule has 2 aromatic carbocycles. The van der Waals surface area contributed by atoms with E-state index in [9.17, 15) is 4.79 Å². The summed E-state index contributed by atoms with van der Waals surface area (Å²) in [7, 11) is 0. The lowest BCUT2D eigenvalue weighted by Gasteiger charge is -2.02. The molecule has 0 radical (unpaired) electrons. The molecule has 0 aliphatic heterocycles. The Balaban J connectivity index is 1.61. The molecule has 0 fully saturated rings. The van der Waals surface area contributed by atoms with Gasteiger partial charge in [0.2, 0.25) is 5.91 Å². The van der Waals surface area contributed by atoms with Crippen LogP contribution in [0, 0.1) is 0 Å². The van der Waals surface area contributed by atoms with Gasteiger partial charge in [-0.05, 0) is 40.3 Å². The molecule has 0 spiro atoms. The van der Waals surface area contributed by atoms with E-state index in [1.807, 2.05) is 36.4 Å². The Morgan fingerprint density at radius 2 is 1.91 bits per heavy atom. The molecule has 22 heavy (non-hydrogen) atoms. The zero-order valence-corrected chi connectivity index (χ0v) is 13.0. The molecular formula is C19H17NOS. The fourth-order valence-electron chi connectivity index (χ4n) is 2.38. The molecule has 0 saturated carbocycles. The predicted molar refractivity (Wildman–Crippen MR) is 94.0 cm³/mol. The topological polar surface area (TPSA) is 29.1 Å². The minimum atomic E-state index is -0.0514. The van der Waals surface area contributed by atoms with E-state index >= 15 is 0 Å². The molecule has 1 heterocycles. The molecule has 1 amide bonds. The van der Waals surface area contributed by atoms with Crippen molar-refractivity contribution in [2.24, 2.45) is 0 Å². The van der Waals surface area contributed by atoms with E-state index in [2.05, 4.69) is 35.0 Å². The molecule has 0 aliphatic rings. The second-order valence-corrected chi connectivity index (χ2v) is 6.05. The Morgan fingerprint density at radius 3 is 2.77 bits per heavy atom. The van der Waals surface area contributed by atoms with Crippen molar-refractivity contribution in [3.05, 3.63) is 76.5 Å². The number of benzene rings is 2. The lowest BCUT2D eigenvalue weighted by Crippen LogP contribution is -2.23. The van der Waals surface area contributed by atoms with Crippen molar-refractivity contribution in [2.45, 2.75) is 6.42 Å². The number of carbonyl (C=O) groups is 1. The van der Waals surface area contributed by atoms with E-state index in [-0.39, 0.29) is 5.91 Å². The number of rotatable bonds is 5. The molecule has 1 aromatic heterocycles. The summed E-state index contributed by atoms with van der Waals surface area (Å²) in [5.74, 6) is -0.0514. The van der Waals surface area contributed by atoms with Gasteiger partial charge in [-0.25, -0.2) is 0 Å². The summed E-state index contributed by atoms with van der Waals surface area (Å²) in [6, 6.07) is 18.4. The number of carbonyl (C=O) groups excluding carboxylic acids is 1. The van der Waals surface area contributed by atoms with Crippen LogP contribution in [-0.4, -0.2) is 12.5 Å². The highest BCUT2D eigenvalue weighted by atomic mass is 32.1. The van der Waals surface area contributed by atoms with E-state index in [1.165, 1.54) is 10.3 Å². The largest absolute Gasteiger partial charge is 0.352 e. The quantitative estimate of drug-likeness (QED) is 0.701. The number of thiophene rings is 1. The minimum Gasteiger partial charge on any atom is -0.352 e. The van der Waals surface area contributed by atoms with Crippen LogP contribution in [0.1, 0.15) is 10.4 Å². The highest BCUT2D eigenvalue weighted by molar-refractivity contribution is 7.09. The van der Waals surface area contributed by atoms with Crippen molar-refractivity contribution in [2.75, 3.05) is 6.54 Å². The van der Waals surface area contributed by atoms with Gasteiger partial charge in [0.25, 0.3) is 0 Å². The van der Waals surface area contributed by atoms with Crippen LogP contribution in [0.2, 0.25) is 0 Å². The molecule has 110 valence electrons. The van der Waals surface area contributed by atoms with Crippen molar-refractivity contribution in [1.29, 1.82) is 0 Å². The first-order chi connectivity index (χ1) is 10.8. The fraction of sp³-hybridized carbons (Fsp3) is 0.105. The zero-order chi connectivity index (χ0) is 15.2. The average Bonchev–Trinajstić information content (AvgIpc) is 3.06. The van der Waals surface area contributed by atoms with Crippen molar-refractivity contribution in [1.82, 2.24) is 5.32 Å². The fourth-order valence-corrected chi connectivity index (χ4v) is 3.09. The first-order valence-electron chi connectivity index (χ1n) is 7.29. The van der Waals surface area contributed by atoms with Gasteiger partial charge in [-0.15, -0.1) is 11.3 Å². The van der Waals surface area contributed by atoms with Crippen LogP contribution in [0.4, 0.5) is 0 Å². The first kappa shape index (κ1) is 14.5. The molecular weight excluding hydrogens is 290 g/mol. The smallest absolute Gasteiger partial charge is 0.244 e. The Labute approximate surface area is 134 Å². The summed E-state index contributed by atoms with van der Waals surface area (Å²) >= 11 is 1.72. The van der Waals surface area contributed by atoms with E-state index in [4.69, 9.17) is 0 Å². The first-order valence-corrected chi connectivity index (χ1v) is 8.17. The Hall–Kier alpha value is -2.39. The number of hydrogen-bond donors (Lipinski definition) is 1. The normalized spacial score (nSPS) is 11.1. The summed E-state index contributed by atoms with van der Waals surface area (Å²) in [6.45, 7) is 0.666. The number of hydrogen-bond acceptors (Lipinski definition) is 2. The molecule has 0 bridgehead atoms. The van der Waals surface area contributed by atoms with Crippen molar-refractivity contribution in [3.63, 3.8) is 0 Å². The van der Waals surface area contributed by atoms with E-state index in [1.54, 1.807) is 17.4 Å². The SMILES string of the molecule is O=C(/C=C/c1cccc2ccccc12)NCCc1cccs1. The molecule has 0 unspecified atom stereocenters. The second kappa shape index (κ2) is 7.05. The summed E-state index contributed by atoms with van der Waals surface area (Å²) in [5.41, 5.74) is 1.06. The van der Waals surface area contributed by atoms with Gasteiger partial charge < -0.3 is 5.32 Å². The van der Waals surface area contributed by atoms with Crippen LogP contribution in [-0.2, 0) is 11.2 Å². The maximum Gasteiger partial charge on any atom is 0.244 e. The molecule has 0 atom stereocenters. The monoisotopic (exact) mass is 307 g/mol. The second-order valence-electron chi connectivity index (χ2n) is 5.02. The van der Waals surface area contributed by atoms with Crippen LogP contribution in [0.5, 0.6) is 0 Å². The third-order valence-electron chi connectivity index (χ3n) is 3.49. The van der Waals surface area contributed by atoms with Crippen molar-refractivity contribution < 1.29 is 4.79 Å². The van der Waals surface area contributed by atoms with Crippen LogP contribution >= 0.6 is 11.3 Å². The summed E-state index contributed by atoms with van der Waals surface area (Å²) < 4.78 is 0. The third kappa shape index (κ3) is 3.62. The Morgan fingerprint density at radius 1 is 1.05 bits per heavy atom. The van der Waals surface area contributed by atoms with Crippen LogP contribution in [0.3, 0.4) is 0 Å². The molecule has 0 aliphatic carbocycles. The van der Waals surface area contributed by atoms with Crippen LogP contribution in [0.25, 0.3) is 16.8 Å². The summed E-state index contributed by atoms with van der Waals surface area (Å²) in [6.07, 6.45) is 4.37. The van der Waals surface area contributed by atoms with Gasteiger partial charge in [-0.1, -0.05) is 48.5 Å². The van der Waals surface area contributed by atoms with Gasteiger partial charge in [0, 0.05) is 17.5 Å². The molecule has 3 heteroatoms. The Kier molecular flexibility index (Phi) is 4.66. The van der Waals surface area contributed by atoms with Gasteiger partial charge >= 0.3 is 0 Å². The summed E-state index contributed by atoms with van der Waals surface area (Å²) in [4.78, 5) is 13.2. The highest BCUT2D eigenvalue weighted by Gasteiger charge is 1.99. The number of fused-ring (bicyclic) bond motifs is 1. The lowest BCUT2D eigenvalue weighted by atomic mass is 10.0. The zero-order valence-electron chi connectivity index (χ0n) is 12.2. The maximum atomic E-state index is 11.9. The van der Waals surface area contributed by atoms with E-state index < -0.39 is 0 Å². The summed E-state index contributed by atoms with van der Waals surface area (Å²) in [5, 5.41) is 7.32. The number of nitrogens with one attached hydrogen (secondary N) is 1. The van der Waals surface area contributed by atoms with Gasteiger partial charge in [-0.3, -0.25) is 4.79 Å². The lowest BCUT2D eigenvalue weighted by molar-refractivity contribution is -0.116. The van der Waals surface area contributed by atoms with Crippen molar-refractivity contribution >= 4 is 34.1 Å². The molecule has 1 N–H and O–H groups in total. The van der Waals surface area contributed by atoms with Crippen LogP contribution in [0.15, 0.2) is 66.1 Å². The maximum absolute atomic E-state index is 11.9. The molecule has 2 nitrogen and oxygen atoms in total. The molecule has 0 saturated heterocycles. The van der Waals surface area contributed by atoms with Gasteiger partial charge in [0.1, 0.15) is 0 Å². The Bertz CT molecular complexity index is 785. The van der Waals surface area contributed by atoms with Gasteiger partial charge in [0.15, 0.2) is 0 Å². The number of amides is 1. The van der Waals surface area contributed by atoms with Crippen molar-refractivity contribution in [3.8, 4) is 0 Å². The third-order valence-corrected chi connectivity index (χ3v) is 4.42. The van der Waals surface area contributed by atoms with Gasteiger partial charge in [0.05, 0.1) is 0 Å². The minimum absolute atomic E-state index is 0.0514. The molecule has 3 rings (SSSR count). The van der Waals surface area contributed by atoms with E-state index in [0.717, 1.165) is 17.4 Å².